The number of rotatable bonds is 3. The number of hydrogen-bond acceptors (Lipinski definition) is 5. The molecule has 0 radical (unpaired) electrons. The molecule has 1 saturated carbocycles. The minimum Gasteiger partial charge on any atom is -0.468 e. The molecule has 1 fully saturated rings. The molecular weight excluding hydrogens is 336 g/mol. The SMILES string of the molecule is COC(=O)[C@@]12C(=O)CC[C@](C)(O)C1=CCC[C@H]2O[Si](C)(C)C(C)(C)C. The van der Waals surface area contributed by atoms with E-state index in [0.717, 1.165) is 0 Å². The van der Waals surface area contributed by atoms with Crippen molar-refractivity contribution in [3.8, 4) is 0 Å². The number of carbonyl (C=O) groups excluding carboxylic acids is 2. The summed E-state index contributed by atoms with van der Waals surface area (Å²) in [7, 11) is -0.924. The van der Waals surface area contributed by atoms with Gasteiger partial charge in [-0.1, -0.05) is 26.8 Å². The van der Waals surface area contributed by atoms with Gasteiger partial charge in [-0.25, -0.2) is 0 Å². The highest BCUT2D eigenvalue weighted by molar-refractivity contribution is 6.74. The number of esters is 1. The average molecular weight is 369 g/mol. The van der Waals surface area contributed by atoms with Crippen LogP contribution >= 0.6 is 0 Å². The molecule has 0 unspecified atom stereocenters. The number of fused-ring (bicyclic) bond motifs is 1. The molecule has 142 valence electrons. The standard InChI is InChI=1S/C19H32O5Si/c1-17(2,3)25(6,7)24-15-10-8-9-13-18(4,22)12-11-14(20)19(13,15)16(21)23-5/h9,15,22H,8,10-12H2,1-7H3/t15-,18+,19-/m1/s1. The number of ether oxygens (including phenoxy) is 1. The number of methoxy groups -OCH3 is 1. The van der Waals surface area contributed by atoms with E-state index in [9.17, 15) is 14.7 Å². The van der Waals surface area contributed by atoms with Crippen molar-refractivity contribution in [2.45, 2.75) is 83.2 Å². The molecule has 0 heterocycles. The molecule has 0 aromatic rings. The molecule has 0 amide bonds. The first-order valence-corrected chi connectivity index (χ1v) is 11.9. The van der Waals surface area contributed by atoms with Crippen LogP contribution in [0.25, 0.3) is 0 Å². The van der Waals surface area contributed by atoms with E-state index in [1.54, 1.807) is 6.92 Å². The van der Waals surface area contributed by atoms with Gasteiger partial charge in [0, 0.05) is 6.42 Å². The second-order valence-electron chi connectivity index (χ2n) is 9.06. The van der Waals surface area contributed by atoms with Gasteiger partial charge in [0.2, 0.25) is 0 Å². The van der Waals surface area contributed by atoms with Gasteiger partial charge in [0.25, 0.3) is 0 Å². The Kier molecular flexibility index (Phi) is 5.14. The minimum absolute atomic E-state index is 0.0497. The van der Waals surface area contributed by atoms with Crippen molar-refractivity contribution < 1.29 is 23.9 Å². The third-order valence-electron chi connectivity index (χ3n) is 6.29. The van der Waals surface area contributed by atoms with Gasteiger partial charge in [0.05, 0.1) is 18.8 Å². The molecule has 0 aromatic heterocycles. The van der Waals surface area contributed by atoms with E-state index in [4.69, 9.17) is 9.16 Å². The average Bonchev–Trinajstić information content (AvgIpc) is 2.49. The van der Waals surface area contributed by atoms with Crippen LogP contribution in [-0.2, 0) is 18.8 Å². The first kappa shape index (κ1) is 20.3. The smallest absolute Gasteiger partial charge is 0.326 e. The van der Waals surface area contributed by atoms with Gasteiger partial charge in [-0.15, -0.1) is 0 Å². The summed E-state index contributed by atoms with van der Waals surface area (Å²) in [5, 5.41) is 10.9. The number of ketones is 1. The molecule has 0 bridgehead atoms. The van der Waals surface area contributed by atoms with E-state index in [0.29, 0.717) is 24.8 Å². The van der Waals surface area contributed by atoms with Crippen molar-refractivity contribution >= 4 is 20.1 Å². The van der Waals surface area contributed by atoms with E-state index in [1.165, 1.54) is 7.11 Å². The molecule has 25 heavy (non-hydrogen) atoms. The largest absolute Gasteiger partial charge is 0.468 e. The lowest BCUT2D eigenvalue weighted by molar-refractivity contribution is -0.168. The zero-order valence-corrected chi connectivity index (χ0v) is 17.6. The Hall–Kier alpha value is -0.983. The van der Waals surface area contributed by atoms with E-state index in [1.807, 2.05) is 6.08 Å². The predicted octanol–water partition coefficient (Wildman–Crippen LogP) is 3.37. The molecule has 3 atom stereocenters. The van der Waals surface area contributed by atoms with Gasteiger partial charge in [-0.2, -0.15) is 0 Å². The Balaban J connectivity index is 2.59. The number of allylic oxidation sites excluding steroid dienone is 1. The van der Waals surface area contributed by atoms with Crippen molar-refractivity contribution in [1.29, 1.82) is 0 Å². The van der Waals surface area contributed by atoms with E-state index >= 15 is 0 Å². The highest BCUT2D eigenvalue weighted by Gasteiger charge is 2.64. The fraction of sp³-hybridized carbons (Fsp3) is 0.789. The molecule has 2 aliphatic carbocycles. The number of aliphatic hydroxyl groups is 1. The lowest BCUT2D eigenvalue weighted by Crippen LogP contribution is -2.62. The van der Waals surface area contributed by atoms with Crippen molar-refractivity contribution in [2.75, 3.05) is 7.11 Å². The third-order valence-corrected chi connectivity index (χ3v) is 10.8. The summed E-state index contributed by atoms with van der Waals surface area (Å²) in [5.74, 6) is -0.798. The highest BCUT2D eigenvalue weighted by Crippen LogP contribution is 2.53. The van der Waals surface area contributed by atoms with Gasteiger partial charge in [0.15, 0.2) is 19.5 Å². The van der Waals surface area contributed by atoms with Crippen LogP contribution in [0.5, 0.6) is 0 Å². The summed E-state index contributed by atoms with van der Waals surface area (Å²) >= 11 is 0. The molecule has 0 saturated heterocycles. The topological polar surface area (TPSA) is 72.8 Å². The highest BCUT2D eigenvalue weighted by atomic mass is 28.4. The van der Waals surface area contributed by atoms with E-state index in [-0.39, 0.29) is 17.2 Å². The van der Waals surface area contributed by atoms with Crippen molar-refractivity contribution in [2.24, 2.45) is 5.41 Å². The maximum absolute atomic E-state index is 13.1. The molecule has 0 aliphatic heterocycles. The van der Waals surface area contributed by atoms with Crippen LogP contribution in [-0.4, -0.2) is 44.0 Å². The van der Waals surface area contributed by atoms with Gasteiger partial charge >= 0.3 is 5.97 Å². The van der Waals surface area contributed by atoms with Crippen LogP contribution in [0.2, 0.25) is 18.1 Å². The Morgan fingerprint density at radius 1 is 1.36 bits per heavy atom. The molecule has 5 nitrogen and oxygen atoms in total. The summed E-state index contributed by atoms with van der Waals surface area (Å²) in [5.41, 5.74) is -2.24. The Morgan fingerprint density at radius 2 is 1.96 bits per heavy atom. The van der Waals surface area contributed by atoms with Crippen LogP contribution in [0.15, 0.2) is 11.6 Å². The summed E-state index contributed by atoms with van der Waals surface area (Å²) in [6.07, 6.45) is 2.99. The summed E-state index contributed by atoms with van der Waals surface area (Å²) in [4.78, 5) is 26.0. The normalized spacial score (nSPS) is 33.5. The van der Waals surface area contributed by atoms with Crippen LogP contribution in [0, 0.1) is 5.41 Å². The maximum Gasteiger partial charge on any atom is 0.326 e. The predicted molar refractivity (Wildman–Crippen MR) is 98.7 cm³/mol. The van der Waals surface area contributed by atoms with Crippen molar-refractivity contribution in [3.63, 3.8) is 0 Å². The zero-order valence-electron chi connectivity index (χ0n) is 16.6. The van der Waals surface area contributed by atoms with E-state index in [2.05, 4.69) is 33.9 Å². The second kappa shape index (κ2) is 6.32. The Labute approximate surface area is 151 Å². The van der Waals surface area contributed by atoms with Crippen molar-refractivity contribution in [1.82, 2.24) is 0 Å². The zero-order chi connectivity index (χ0) is 19.3. The first-order valence-electron chi connectivity index (χ1n) is 9.04. The third kappa shape index (κ3) is 3.13. The molecule has 2 rings (SSSR count). The van der Waals surface area contributed by atoms with Crippen LogP contribution in [0.3, 0.4) is 0 Å². The summed E-state index contributed by atoms with van der Waals surface area (Å²) in [6, 6.07) is 0. The fourth-order valence-corrected chi connectivity index (χ4v) is 5.15. The van der Waals surface area contributed by atoms with Gasteiger partial charge in [-0.3, -0.25) is 9.59 Å². The van der Waals surface area contributed by atoms with Gasteiger partial charge < -0.3 is 14.3 Å². The molecule has 0 aromatic carbocycles. The van der Waals surface area contributed by atoms with Crippen molar-refractivity contribution in [3.05, 3.63) is 11.6 Å². The molecule has 1 N–H and O–H groups in total. The van der Waals surface area contributed by atoms with Gasteiger partial charge in [-0.05, 0) is 49.9 Å². The lowest BCUT2D eigenvalue weighted by Gasteiger charge is -2.52. The van der Waals surface area contributed by atoms with Crippen LogP contribution < -0.4 is 0 Å². The number of hydrogen-bond donors (Lipinski definition) is 1. The van der Waals surface area contributed by atoms with Crippen LogP contribution in [0.1, 0.15) is 53.4 Å². The maximum atomic E-state index is 13.1. The lowest BCUT2D eigenvalue weighted by atomic mass is 9.57. The molecule has 2 aliphatic rings. The minimum atomic E-state index is -2.22. The summed E-state index contributed by atoms with van der Waals surface area (Å²) in [6.45, 7) is 12.3. The Morgan fingerprint density at radius 3 is 2.48 bits per heavy atom. The first-order chi connectivity index (χ1) is 11.3. The number of carbonyl (C=O) groups is 2. The van der Waals surface area contributed by atoms with Gasteiger partial charge in [0.1, 0.15) is 0 Å². The number of Topliss-reactive ketones (excluding diaryl/α,β-unsaturated/α-hetero) is 1. The monoisotopic (exact) mass is 368 g/mol. The van der Waals surface area contributed by atoms with Crippen LogP contribution in [0.4, 0.5) is 0 Å². The van der Waals surface area contributed by atoms with E-state index < -0.39 is 31.4 Å². The Bertz CT molecular complexity index is 589. The molecule has 0 spiro atoms. The fourth-order valence-electron chi connectivity index (χ4n) is 3.79. The molecule has 6 heteroatoms. The molecular formula is C19H32O5Si. The second-order valence-corrected chi connectivity index (χ2v) is 13.8. The summed E-state index contributed by atoms with van der Waals surface area (Å²) < 4.78 is 11.6. The quantitative estimate of drug-likeness (QED) is 0.358.